The van der Waals surface area contributed by atoms with Crippen LogP contribution in [0.15, 0.2) is 54.6 Å². The van der Waals surface area contributed by atoms with Gasteiger partial charge in [0.05, 0.1) is 13.2 Å². The van der Waals surface area contributed by atoms with Crippen molar-refractivity contribution in [3.8, 4) is 11.5 Å². The molecule has 0 aliphatic heterocycles. The van der Waals surface area contributed by atoms with Crippen LogP contribution in [0.2, 0.25) is 0 Å². The second-order valence-electron chi connectivity index (χ2n) is 4.88. The average Bonchev–Trinajstić information content (AvgIpc) is 2.54. The van der Waals surface area contributed by atoms with Crippen molar-refractivity contribution in [1.29, 1.82) is 0 Å². The number of nitrogens with two attached hydrogens (primary N) is 1. The summed E-state index contributed by atoms with van der Waals surface area (Å²) in [4.78, 5) is 0. The minimum Gasteiger partial charge on any atom is -0.494 e. The molecule has 0 fully saturated rings. The van der Waals surface area contributed by atoms with Gasteiger partial charge in [-0.15, -0.1) is 0 Å². The van der Waals surface area contributed by atoms with E-state index in [1.807, 2.05) is 49.4 Å². The van der Waals surface area contributed by atoms with Gasteiger partial charge in [-0.3, -0.25) is 0 Å². The molecule has 3 nitrogen and oxygen atoms in total. The molecule has 2 aromatic rings. The molecule has 0 saturated carbocycles. The molecule has 0 spiro atoms. The van der Waals surface area contributed by atoms with Gasteiger partial charge in [-0.2, -0.15) is 0 Å². The van der Waals surface area contributed by atoms with E-state index in [2.05, 4.69) is 12.1 Å². The summed E-state index contributed by atoms with van der Waals surface area (Å²) in [6.45, 7) is 3.94. The first-order valence-corrected chi connectivity index (χ1v) is 7.44. The van der Waals surface area contributed by atoms with E-state index in [1.54, 1.807) is 0 Å². The first kappa shape index (κ1) is 15.4. The second-order valence-corrected chi connectivity index (χ2v) is 4.88. The van der Waals surface area contributed by atoms with Crippen molar-refractivity contribution in [2.75, 3.05) is 19.8 Å². The SMILES string of the molecule is CCOc1ccc(OCCC(CN)c2ccccc2)cc1. The standard InChI is InChI=1S/C18H23NO2/c1-2-20-17-8-10-18(11-9-17)21-13-12-16(14-19)15-6-4-3-5-7-15/h3-11,16H,2,12-14,19H2,1H3. The van der Waals surface area contributed by atoms with Crippen LogP contribution in [0.25, 0.3) is 0 Å². The van der Waals surface area contributed by atoms with E-state index < -0.39 is 0 Å². The summed E-state index contributed by atoms with van der Waals surface area (Å²) in [5.41, 5.74) is 7.14. The summed E-state index contributed by atoms with van der Waals surface area (Å²) < 4.78 is 11.2. The van der Waals surface area contributed by atoms with Crippen LogP contribution in [0.3, 0.4) is 0 Å². The van der Waals surface area contributed by atoms with Gasteiger partial charge in [-0.05, 0) is 55.6 Å². The summed E-state index contributed by atoms with van der Waals surface area (Å²) in [6.07, 6.45) is 0.910. The number of hydrogen-bond acceptors (Lipinski definition) is 3. The van der Waals surface area contributed by atoms with Gasteiger partial charge in [-0.1, -0.05) is 30.3 Å². The molecule has 0 radical (unpaired) electrons. The lowest BCUT2D eigenvalue weighted by Gasteiger charge is -2.15. The molecule has 1 atom stereocenters. The van der Waals surface area contributed by atoms with Crippen LogP contribution in [0.4, 0.5) is 0 Å². The predicted molar refractivity (Wildman–Crippen MR) is 86.0 cm³/mol. The van der Waals surface area contributed by atoms with Crippen LogP contribution < -0.4 is 15.2 Å². The van der Waals surface area contributed by atoms with E-state index in [0.29, 0.717) is 25.7 Å². The van der Waals surface area contributed by atoms with Crippen LogP contribution in [0, 0.1) is 0 Å². The van der Waals surface area contributed by atoms with Crippen molar-refractivity contribution in [3.63, 3.8) is 0 Å². The summed E-state index contributed by atoms with van der Waals surface area (Å²) in [5, 5.41) is 0. The highest BCUT2D eigenvalue weighted by Gasteiger charge is 2.09. The predicted octanol–water partition coefficient (Wildman–Crippen LogP) is 3.60. The second kappa shape index (κ2) is 8.32. The Balaban J connectivity index is 1.82. The van der Waals surface area contributed by atoms with Crippen molar-refractivity contribution in [2.24, 2.45) is 5.73 Å². The number of rotatable bonds is 8. The molecular formula is C18H23NO2. The van der Waals surface area contributed by atoms with Gasteiger partial charge in [0, 0.05) is 0 Å². The van der Waals surface area contributed by atoms with Gasteiger partial charge in [0.1, 0.15) is 11.5 Å². The maximum atomic E-state index is 5.87. The Hall–Kier alpha value is -2.00. The van der Waals surface area contributed by atoms with Crippen LogP contribution in [-0.4, -0.2) is 19.8 Å². The Morgan fingerprint density at radius 1 is 0.905 bits per heavy atom. The lowest BCUT2D eigenvalue weighted by atomic mass is 9.96. The molecule has 1 unspecified atom stereocenters. The van der Waals surface area contributed by atoms with Gasteiger partial charge in [0.25, 0.3) is 0 Å². The molecule has 0 heterocycles. The first-order chi connectivity index (χ1) is 10.3. The van der Waals surface area contributed by atoms with Gasteiger partial charge in [0.2, 0.25) is 0 Å². The van der Waals surface area contributed by atoms with Crippen LogP contribution in [0.5, 0.6) is 11.5 Å². The maximum Gasteiger partial charge on any atom is 0.119 e. The molecule has 0 aliphatic carbocycles. The molecule has 0 aromatic heterocycles. The average molecular weight is 285 g/mol. The third-order valence-corrected chi connectivity index (χ3v) is 3.43. The number of hydrogen-bond donors (Lipinski definition) is 1. The minimum atomic E-state index is 0.342. The smallest absolute Gasteiger partial charge is 0.119 e. The summed E-state index contributed by atoms with van der Waals surface area (Å²) in [6, 6.07) is 18.1. The highest BCUT2D eigenvalue weighted by atomic mass is 16.5. The van der Waals surface area contributed by atoms with Crippen LogP contribution in [-0.2, 0) is 0 Å². The number of benzene rings is 2. The highest BCUT2D eigenvalue weighted by molar-refractivity contribution is 5.31. The summed E-state index contributed by atoms with van der Waals surface area (Å²) >= 11 is 0. The zero-order valence-electron chi connectivity index (χ0n) is 12.5. The Bertz CT molecular complexity index is 511. The first-order valence-electron chi connectivity index (χ1n) is 7.44. The molecule has 0 aliphatic rings. The quantitative estimate of drug-likeness (QED) is 0.806. The van der Waals surface area contributed by atoms with Crippen molar-refractivity contribution in [2.45, 2.75) is 19.3 Å². The van der Waals surface area contributed by atoms with Gasteiger partial charge >= 0.3 is 0 Å². The Morgan fingerprint density at radius 3 is 2.10 bits per heavy atom. The molecule has 2 N–H and O–H groups in total. The van der Waals surface area contributed by atoms with Gasteiger partial charge < -0.3 is 15.2 Å². The third kappa shape index (κ3) is 4.80. The lowest BCUT2D eigenvalue weighted by molar-refractivity contribution is 0.296. The minimum absolute atomic E-state index is 0.342. The third-order valence-electron chi connectivity index (χ3n) is 3.43. The molecule has 3 heteroatoms. The fourth-order valence-corrected chi connectivity index (χ4v) is 2.26. The van der Waals surface area contributed by atoms with Gasteiger partial charge in [0.15, 0.2) is 0 Å². The van der Waals surface area contributed by atoms with E-state index in [4.69, 9.17) is 15.2 Å². The largest absolute Gasteiger partial charge is 0.494 e. The monoisotopic (exact) mass is 285 g/mol. The van der Waals surface area contributed by atoms with Crippen molar-refractivity contribution in [1.82, 2.24) is 0 Å². The van der Waals surface area contributed by atoms with E-state index >= 15 is 0 Å². The lowest BCUT2D eigenvalue weighted by Crippen LogP contribution is -2.15. The molecule has 2 aromatic carbocycles. The molecule has 2 rings (SSSR count). The van der Waals surface area contributed by atoms with E-state index in [9.17, 15) is 0 Å². The van der Waals surface area contributed by atoms with Crippen molar-refractivity contribution in [3.05, 3.63) is 60.2 Å². The zero-order chi connectivity index (χ0) is 14.9. The van der Waals surface area contributed by atoms with Gasteiger partial charge in [-0.25, -0.2) is 0 Å². The van der Waals surface area contributed by atoms with E-state index in [0.717, 1.165) is 17.9 Å². The van der Waals surface area contributed by atoms with Crippen LogP contribution >= 0.6 is 0 Å². The normalized spacial score (nSPS) is 11.9. The Kier molecular flexibility index (Phi) is 6.10. The summed E-state index contributed by atoms with van der Waals surface area (Å²) in [7, 11) is 0. The van der Waals surface area contributed by atoms with Crippen LogP contribution in [0.1, 0.15) is 24.8 Å². The summed E-state index contributed by atoms with van der Waals surface area (Å²) in [5.74, 6) is 2.07. The molecule has 21 heavy (non-hydrogen) atoms. The molecule has 0 saturated heterocycles. The number of ether oxygens (including phenoxy) is 2. The van der Waals surface area contributed by atoms with Crippen molar-refractivity contribution >= 4 is 0 Å². The van der Waals surface area contributed by atoms with E-state index in [-0.39, 0.29) is 0 Å². The highest BCUT2D eigenvalue weighted by Crippen LogP contribution is 2.21. The zero-order valence-corrected chi connectivity index (χ0v) is 12.5. The molecular weight excluding hydrogens is 262 g/mol. The molecule has 0 amide bonds. The molecule has 0 bridgehead atoms. The molecule has 112 valence electrons. The Morgan fingerprint density at radius 2 is 1.52 bits per heavy atom. The Labute approximate surface area is 126 Å². The fraction of sp³-hybridized carbons (Fsp3) is 0.333. The topological polar surface area (TPSA) is 44.5 Å². The van der Waals surface area contributed by atoms with Crippen molar-refractivity contribution < 1.29 is 9.47 Å². The van der Waals surface area contributed by atoms with E-state index in [1.165, 1.54) is 5.56 Å². The maximum absolute atomic E-state index is 5.87. The fourth-order valence-electron chi connectivity index (χ4n) is 2.26.